The minimum Gasteiger partial charge on any atom is -0.491 e. The Bertz CT molecular complexity index is 382. The van der Waals surface area contributed by atoms with Crippen molar-refractivity contribution in [1.82, 2.24) is 5.32 Å². The Hall–Kier alpha value is -1.34. The molecule has 0 bridgehead atoms. The highest BCUT2D eigenvalue weighted by atomic mass is 19.4. The Labute approximate surface area is 102 Å². The van der Waals surface area contributed by atoms with Crippen LogP contribution in [-0.4, -0.2) is 26.6 Å². The molecule has 3 nitrogen and oxygen atoms in total. The van der Waals surface area contributed by atoms with Crippen LogP contribution in [0.25, 0.3) is 0 Å². The summed E-state index contributed by atoms with van der Waals surface area (Å²) in [4.78, 5) is 0. The van der Waals surface area contributed by atoms with Crippen molar-refractivity contribution in [2.75, 3.05) is 20.3 Å². The molecule has 102 valence electrons. The lowest BCUT2D eigenvalue weighted by atomic mass is 10.2. The molecule has 0 saturated heterocycles. The maximum atomic E-state index is 13.0. The monoisotopic (exact) mass is 267 g/mol. The van der Waals surface area contributed by atoms with Crippen LogP contribution in [0.4, 0.5) is 17.6 Å². The number of hydrogen-bond acceptors (Lipinski definition) is 3. The zero-order valence-corrected chi connectivity index (χ0v) is 9.68. The molecule has 0 aromatic heterocycles. The van der Waals surface area contributed by atoms with Gasteiger partial charge in [-0.05, 0) is 25.2 Å². The molecule has 0 aliphatic carbocycles. The highest BCUT2D eigenvalue weighted by molar-refractivity contribution is 5.33. The van der Waals surface area contributed by atoms with Crippen molar-refractivity contribution in [2.45, 2.75) is 12.9 Å². The molecule has 0 saturated carbocycles. The number of halogens is 4. The van der Waals surface area contributed by atoms with Crippen molar-refractivity contribution >= 4 is 0 Å². The second-order valence-corrected chi connectivity index (χ2v) is 3.43. The molecular weight excluding hydrogens is 254 g/mol. The average molecular weight is 267 g/mol. The third-order valence-electron chi connectivity index (χ3n) is 2.00. The molecule has 7 heteroatoms. The Balaban J connectivity index is 2.51. The first-order valence-corrected chi connectivity index (χ1v) is 5.19. The maximum absolute atomic E-state index is 13.0. The highest BCUT2D eigenvalue weighted by Crippen LogP contribution is 2.20. The van der Waals surface area contributed by atoms with E-state index in [0.717, 1.165) is 0 Å². The molecule has 0 aliphatic heterocycles. The molecule has 18 heavy (non-hydrogen) atoms. The third kappa shape index (κ3) is 5.33. The molecule has 0 atom stereocenters. The van der Waals surface area contributed by atoms with E-state index in [2.05, 4.69) is 10.1 Å². The molecule has 0 fully saturated rings. The van der Waals surface area contributed by atoms with Crippen LogP contribution in [0.15, 0.2) is 18.2 Å². The lowest BCUT2D eigenvalue weighted by Crippen LogP contribution is -2.18. The van der Waals surface area contributed by atoms with Gasteiger partial charge in [-0.3, -0.25) is 4.74 Å². The summed E-state index contributed by atoms with van der Waals surface area (Å²) < 4.78 is 56.7. The van der Waals surface area contributed by atoms with E-state index in [1.807, 2.05) is 0 Å². The molecular formula is C11H13F4NO2. The lowest BCUT2D eigenvalue weighted by Gasteiger charge is -2.12. The molecule has 1 aromatic rings. The van der Waals surface area contributed by atoms with Crippen LogP contribution in [0.2, 0.25) is 0 Å². The van der Waals surface area contributed by atoms with E-state index in [0.29, 0.717) is 17.9 Å². The topological polar surface area (TPSA) is 30.5 Å². The number of hydrogen-bond donors (Lipinski definition) is 1. The Morgan fingerprint density at radius 1 is 1.22 bits per heavy atom. The van der Waals surface area contributed by atoms with Crippen LogP contribution < -0.4 is 10.1 Å². The van der Waals surface area contributed by atoms with Gasteiger partial charge in [0.1, 0.15) is 18.2 Å². The molecule has 0 heterocycles. The molecule has 1 N–H and O–H groups in total. The highest BCUT2D eigenvalue weighted by Gasteiger charge is 2.28. The fourth-order valence-corrected chi connectivity index (χ4v) is 1.33. The van der Waals surface area contributed by atoms with E-state index in [1.165, 1.54) is 18.2 Å². The fourth-order valence-electron chi connectivity index (χ4n) is 1.33. The predicted molar refractivity (Wildman–Crippen MR) is 56.7 cm³/mol. The quantitative estimate of drug-likeness (QED) is 0.634. The number of ether oxygens (including phenoxy) is 2. The van der Waals surface area contributed by atoms with E-state index >= 15 is 0 Å². The van der Waals surface area contributed by atoms with Crippen LogP contribution in [0.3, 0.4) is 0 Å². The van der Waals surface area contributed by atoms with Crippen molar-refractivity contribution in [1.29, 1.82) is 0 Å². The van der Waals surface area contributed by atoms with Gasteiger partial charge < -0.3 is 10.1 Å². The average Bonchev–Trinajstić information content (AvgIpc) is 2.26. The van der Waals surface area contributed by atoms with E-state index in [1.54, 1.807) is 7.05 Å². The first-order chi connectivity index (χ1) is 8.42. The largest absolute Gasteiger partial charge is 0.522 e. The van der Waals surface area contributed by atoms with Crippen molar-refractivity contribution in [3.8, 4) is 5.75 Å². The molecule has 0 amide bonds. The van der Waals surface area contributed by atoms with Crippen LogP contribution in [-0.2, 0) is 11.3 Å². The normalized spacial score (nSPS) is 11.6. The van der Waals surface area contributed by atoms with Gasteiger partial charge in [0.05, 0.1) is 6.61 Å². The van der Waals surface area contributed by atoms with Gasteiger partial charge in [-0.1, -0.05) is 0 Å². The summed E-state index contributed by atoms with van der Waals surface area (Å²) in [5.74, 6) is -0.101. The van der Waals surface area contributed by atoms with E-state index in [4.69, 9.17) is 4.74 Å². The minimum atomic E-state index is -4.67. The van der Waals surface area contributed by atoms with Crippen LogP contribution in [0.5, 0.6) is 5.75 Å². The predicted octanol–water partition coefficient (Wildman–Crippen LogP) is 2.46. The Morgan fingerprint density at radius 2 is 1.94 bits per heavy atom. The summed E-state index contributed by atoms with van der Waals surface area (Å²) in [6.07, 6.45) is -4.67. The zero-order chi connectivity index (χ0) is 13.6. The van der Waals surface area contributed by atoms with Crippen molar-refractivity contribution in [3.05, 3.63) is 29.6 Å². The molecule has 1 rings (SSSR count). The standard InChI is InChI=1S/C11H13F4NO2/c1-16-7-8-6-9(12)2-3-10(8)17-4-5-18-11(13,14)15/h2-3,6,16H,4-5,7H2,1H3. The summed E-state index contributed by atoms with van der Waals surface area (Å²) in [5, 5.41) is 2.81. The number of benzene rings is 1. The second kappa shape index (κ2) is 6.55. The molecule has 1 aromatic carbocycles. The summed E-state index contributed by atoms with van der Waals surface area (Å²) in [7, 11) is 1.67. The number of alkyl halides is 3. The van der Waals surface area contributed by atoms with E-state index in [9.17, 15) is 17.6 Å². The molecule has 0 radical (unpaired) electrons. The zero-order valence-electron chi connectivity index (χ0n) is 9.68. The Morgan fingerprint density at radius 3 is 2.56 bits per heavy atom. The van der Waals surface area contributed by atoms with Crippen molar-refractivity contribution in [2.24, 2.45) is 0 Å². The summed E-state index contributed by atoms with van der Waals surface area (Å²) in [6, 6.07) is 3.81. The van der Waals surface area contributed by atoms with Gasteiger partial charge in [-0.25, -0.2) is 4.39 Å². The molecule has 0 spiro atoms. The fraction of sp³-hybridized carbons (Fsp3) is 0.455. The summed E-state index contributed by atoms with van der Waals surface area (Å²) in [6.45, 7) is -0.519. The first-order valence-electron chi connectivity index (χ1n) is 5.19. The van der Waals surface area contributed by atoms with E-state index in [-0.39, 0.29) is 6.61 Å². The van der Waals surface area contributed by atoms with Crippen LogP contribution in [0, 0.1) is 5.82 Å². The van der Waals surface area contributed by atoms with Crippen molar-refractivity contribution < 1.29 is 27.0 Å². The van der Waals surface area contributed by atoms with Gasteiger partial charge in [0, 0.05) is 12.1 Å². The van der Waals surface area contributed by atoms with Gasteiger partial charge in [0.2, 0.25) is 0 Å². The lowest BCUT2D eigenvalue weighted by molar-refractivity contribution is -0.325. The second-order valence-electron chi connectivity index (χ2n) is 3.43. The van der Waals surface area contributed by atoms with Crippen LogP contribution in [0.1, 0.15) is 5.56 Å². The van der Waals surface area contributed by atoms with Crippen molar-refractivity contribution in [3.63, 3.8) is 0 Å². The SMILES string of the molecule is CNCc1cc(F)ccc1OCCOC(F)(F)F. The van der Waals surface area contributed by atoms with Crippen LogP contribution >= 0.6 is 0 Å². The first kappa shape index (κ1) is 14.7. The summed E-state index contributed by atoms with van der Waals surface area (Å²) >= 11 is 0. The van der Waals surface area contributed by atoms with Gasteiger partial charge in [-0.15, -0.1) is 13.2 Å². The van der Waals surface area contributed by atoms with E-state index < -0.39 is 18.8 Å². The number of rotatable bonds is 6. The molecule has 0 unspecified atom stereocenters. The van der Waals surface area contributed by atoms with Gasteiger partial charge in [0.25, 0.3) is 0 Å². The van der Waals surface area contributed by atoms with Gasteiger partial charge >= 0.3 is 6.36 Å². The van der Waals surface area contributed by atoms with Gasteiger partial charge in [-0.2, -0.15) is 0 Å². The Kier molecular flexibility index (Phi) is 5.36. The maximum Gasteiger partial charge on any atom is 0.522 e. The molecule has 0 aliphatic rings. The third-order valence-corrected chi connectivity index (χ3v) is 2.00. The number of nitrogens with one attached hydrogen (secondary N) is 1. The minimum absolute atomic E-state index is 0.262. The summed E-state index contributed by atoms with van der Waals surface area (Å²) in [5.41, 5.74) is 0.532. The smallest absolute Gasteiger partial charge is 0.491 e. The van der Waals surface area contributed by atoms with Gasteiger partial charge in [0.15, 0.2) is 0 Å².